The number of carbonyl (C=O) groups is 1. The molecule has 0 fully saturated rings. The van der Waals surface area contributed by atoms with Crippen molar-refractivity contribution in [1.29, 1.82) is 0 Å². The molecule has 0 spiro atoms. The van der Waals surface area contributed by atoms with Crippen molar-refractivity contribution in [3.63, 3.8) is 0 Å². The fourth-order valence-electron chi connectivity index (χ4n) is 3.32. The maximum atomic E-state index is 14.5. The molecule has 0 aliphatic carbocycles. The summed E-state index contributed by atoms with van der Waals surface area (Å²) in [6, 6.07) is 9.84. The van der Waals surface area contributed by atoms with Gasteiger partial charge in [-0.25, -0.2) is 14.4 Å². The van der Waals surface area contributed by atoms with Gasteiger partial charge in [-0.2, -0.15) is 0 Å². The van der Waals surface area contributed by atoms with Gasteiger partial charge in [-0.3, -0.25) is 4.79 Å². The third-order valence-electron chi connectivity index (χ3n) is 5.04. The van der Waals surface area contributed by atoms with E-state index in [1.807, 2.05) is 24.4 Å². The highest BCUT2D eigenvalue weighted by Crippen LogP contribution is 2.36. The van der Waals surface area contributed by atoms with Crippen molar-refractivity contribution in [2.24, 2.45) is 0 Å². The molecular weight excluding hydrogens is 443 g/mol. The average Bonchev–Trinajstić information content (AvgIpc) is 3.46. The molecule has 2 heterocycles. The first kappa shape index (κ1) is 22.5. The van der Waals surface area contributed by atoms with E-state index in [-0.39, 0.29) is 30.1 Å². The fraction of sp³-hybridized carbons (Fsp3) is 0.208. The van der Waals surface area contributed by atoms with Crippen molar-refractivity contribution in [3.05, 3.63) is 82.1 Å². The molecule has 7 nitrogen and oxygen atoms in total. The van der Waals surface area contributed by atoms with Crippen LogP contribution in [-0.2, 0) is 24.2 Å². The number of para-hydroxylation sites is 1. The molecule has 0 saturated heterocycles. The molecule has 0 bridgehead atoms. The minimum Gasteiger partial charge on any atom is -0.493 e. The Hall–Kier alpha value is -3.72. The van der Waals surface area contributed by atoms with Crippen LogP contribution in [-0.4, -0.2) is 27.8 Å². The van der Waals surface area contributed by atoms with Crippen molar-refractivity contribution in [3.8, 4) is 17.2 Å². The summed E-state index contributed by atoms with van der Waals surface area (Å²) >= 11 is 1.44. The van der Waals surface area contributed by atoms with Gasteiger partial charge in [-0.05, 0) is 37.3 Å². The molecule has 0 radical (unpaired) electrons. The highest BCUT2D eigenvalue weighted by Gasteiger charge is 2.17. The Morgan fingerprint density at radius 1 is 1.18 bits per heavy atom. The van der Waals surface area contributed by atoms with E-state index in [2.05, 4.69) is 20.3 Å². The molecule has 2 aromatic heterocycles. The van der Waals surface area contributed by atoms with E-state index in [0.29, 0.717) is 17.9 Å². The van der Waals surface area contributed by atoms with Gasteiger partial charge in [0, 0.05) is 34.9 Å². The first-order valence-electron chi connectivity index (χ1n) is 10.3. The third-order valence-corrected chi connectivity index (χ3v) is 5.82. The number of halogens is 1. The van der Waals surface area contributed by atoms with Crippen molar-refractivity contribution in [1.82, 2.24) is 15.0 Å². The number of ketones is 1. The largest absolute Gasteiger partial charge is 0.493 e. The Kier molecular flexibility index (Phi) is 6.99. The number of ether oxygens (including phenoxy) is 2. The van der Waals surface area contributed by atoms with Crippen molar-refractivity contribution in [2.75, 3.05) is 12.4 Å². The number of benzene rings is 2. The maximum Gasteiger partial charge on any atom is 0.204 e. The van der Waals surface area contributed by atoms with E-state index in [9.17, 15) is 9.18 Å². The SMILES string of the molecule is COc1cccc(F)c1Oc1ccc(NCc2nc[nH]c2C)cc1CC(=O)Cc1nccs1. The van der Waals surface area contributed by atoms with E-state index in [0.717, 1.165) is 22.1 Å². The number of imidazole rings is 1. The van der Waals surface area contributed by atoms with Crippen LogP contribution in [0.15, 0.2) is 54.3 Å². The summed E-state index contributed by atoms with van der Waals surface area (Å²) in [5, 5.41) is 5.90. The van der Waals surface area contributed by atoms with Crippen LogP contribution >= 0.6 is 11.3 Å². The molecule has 9 heteroatoms. The van der Waals surface area contributed by atoms with Gasteiger partial charge in [0.2, 0.25) is 5.75 Å². The molecule has 33 heavy (non-hydrogen) atoms. The number of nitrogens with zero attached hydrogens (tertiary/aromatic N) is 2. The minimum absolute atomic E-state index is 0.0180. The number of thiazole rings is 1. The zero-order valence-electron chi connectivity index (χ0n) is 18.2. The summed E-state index contributed by atoms with van der Waals surface area (Å²) in [4.78, 5) is 24.3. The van der Waals surface area contributed by atoms with Gasteiger partial charge in [-0.1, -0.05) is 6.07 Å². The standard InChI is InChI=1S/C24H23FN4O3S/c1-15-20(29-14-28-15)13-27-17-6-7-21(32-24-19(25)4-3-5-22(24)31-2)16(10-17)11-18(30)12-23-26-8-9-33-23/h3-10,14,27H,11-13H2,1-2H3,(H,28,29). The number of hydrogen-bond donors (Lipinski definition) is 2. The Morgan fingerprint density at radius 3 is 2.79 bits per heavy atom. The normalized spacial score (nSPS) is 10.8. The van der Waals surface area contributed by atoms with E-state index in [4.69, 9.17) is 9.47 Å². The van der Waals surface area contributed by atoms with Crippen molar-refractivity contribution in [2.45, 2.75) is 26.3 Å². The number of aryl methyl sites for hydroxylation is 1. The van der Waals surface area contributed by atoms with Crippen LogP contribution in [0, 0.1) is 12.7 Å². The number of rotatable bonds is 10. The van der Waals surface area contributed by atoms with Gasteiger partial charge < -0.3 is 19.8 Å². The van der Waals surface area contributed by atoms with Gasteiger partial charge in [0.15, 0.2) is 11.6 Å². The smallest absolute Gasteiger partial charge is 0.204 e. The monoisotopic (exact) mass is 466 g/mol. The highest BCUT2D eigenvalue weighted by atomic mass is 32.1. The molecule has 170 valence electrons. The van der Waals surface area contributed by atoms with Gasteiger partial charge >= 0.3 is 0 Å². The first-order valence-corrected chi connectivity index (χ1v) is 11.2. The van der Waals surface area contributed by atoms with Crippen LogP contribution < -0.4 is 14.8 Å². The minimum atomic E-state index is -0.550. The Labute approximate surface area is 194 Å². The molecular formula is C24H23FN4O3S. The first-order chi connectivity index (χ1) is 16.0. The molecule has 0 amide bonds. The molecule has 0 unspecified atom stereocenters. The molecule has 0 atom stereocenters. The summed E-state index contributed by atoms with van der Waals surface area (Å²) in [6.07, 6.45) is 3.66. The highest BCUT2D eigenvalue weighted by molar-refractivity contribution is 7.09. The van der Waals surface area contributed by atoms with Gasteiger partial charge in [0.25, 0.3) is 0 Å². The van der Waals surface area contributed by atoms with Gasteiger partial charge in [0.05, 0.1) is 37.1 Å². The third kappa shape index (κ3) is 5.56. The Morgan fingerprint density at radius 2 is 2.06 bits per heavy atom. The molecule has 2 N–H and O–H groups in total. The van der Waals surface area contributed by atoms with Crippen LogP contribution in [0.1, 0.15) is 22.0 Å². The number of hydrogen-bond acceptors (Lipinski definition) is 7. The van der Waals surface area contributed by atoms with Crippen LogP contribution in [0.3, 0.4) is 0 Å². The van der Waals surface area contributed by atoms with Crippen LogP contribution in [0.5, 0.6) is 17.2 Å². The number of aromatic amines is 1. The number of methoxy groups -OCH3 is 1. The number of nitrogens with one attached hydrogen (secondary N) is 2. The molecule has 0 aliphatic rings. The summed E-state index contributed by atoms with van der Waals surface area (Å²) < 4.78 is 25.6. The molecule has 0 saturated carbocycles. The molecule has 4 rings (SSSR count). The quantitative estimate of drug-likeness (QED) is 0.339. The summed E-state index contributed by atoms with van der Waals surface area (Å²) in [5.74, 6) is 0.0568. The second kappa shape index (κ2) is 10.3. The Balaban J connectivity index is 1.60. The molecule has 0 aliphatic heterocycles. The zero-order valence-corrected chi connectivity index (χ0v) is 19.0. The second-order valence-corrected chi connectivity index (χ2v) is 8.32. The summed E-state index contributed by atoms with van der Waals surface area (Å²) in [5.41, 5.74) is 3.30. The lowest BCUT2D eigenvalue weighted by Gasteiger charge is -2.16. The van der Waals surface area contributed by atoms with E-state index in [1.54, 1.807) is 30.7 Å². The number of H-pyrrole nitrogens is 1. The second-order valence-electron chi connectivity index (χ2n) is 7.34. The average molecular weight is 467 g/mol. The topological polar surface area (TPSA) is 89.1 Å². The van der Waals surface area contributed by atoms with Gasteiger partial charge in [0.1, 0.15) is 11.5 Å². The number of carbonyl (C=O) groups excluding carboxylic acids is 1. The lowest BCUT2D eigenvalue weighted by molar-refractivity contribution is -0.117. The molecule has 4 aromatic rings. The van der Waals surface area contributed by atoms with Gasteiger partial charge in [-0.15, -0.1) is 11.3 Å². The van der Waals surface area contributed by atoms with Crippen LogP contribution in [0.25, 0.3) is 0 Å². The van der Waals surface area contributed by atoms with Crippen molar-refractivity contribution >= 4 is 22.8 Å². The maximum absolute atomic E-state index is 14.5. The fourth-order valence-corrected chi connectivity index (χ4v) is 3.97. The predicted octanol–water partition coefficient (Wildman–Crippen LogP) is 5.08. The van der Waals surface area contributed by atoms with Crippen LogP contribution in [0.4, 0.5) is 10.1 Å². The van der Waals surface area contributed by atoms with E-state index >= 15 is 0 Å². The number of aromatic nitrogens is 3. The lowest BCUT2D eigenvalue weighted by atomic mass is 10.0. The zero-order chi connectivity index (χ0) is 23.2. The van der Waals surface area contributed by atoms with Crippen molar-refractivity contribution < 1.29 is 18.7 Å². The summed E-state index contributed by atoms with van der Waals surface area (Å²) in [6.45, 7) is 2.47. The summed E-state index contributed by atoms with van der Waals surface area (Å²) in [7, 11) is 1.45. The Bertz CT molecular complexity index is 1240. The van der Waals surface area contributed by atoms with E-state index in [1.165, 1.54) is 24.5 Å². The van der Waals surface area contributed by atoms with E-state index < -0.39 is 5.82 Å². The lowest BCUT2D eigenvalue weighted by Crippen LogP contribution is -2.09. The van der Waals surface area contributed by atoms with Crippen LogP contribution in [0.2, 0.25) is 0 Å². The predicted molar refractivity (Wildman–Crippen MR) is 125 cm³/mol. The molecule has 2 aromatic carbocycles. The number of anilines is 1. The number of Topliss-reactive ketones (excluding diaryl/α,β-unsaturated/α-hetero) is 1.